The summed E-state index contributed by atoms with van der Waals surface area (Å²) >= 11 is 0. The third-order valence-corrected chi connectivity index (χ3v) is 3.73. The highest BCUT2D eigenvalue weighted by atomic mass is 16.5. The normalized spacial score (nSPS) is 17.8. The first-order valence-corrected chi connectivity index (χ1v) is 7.91. The van der Waals surface area contributed by atoms with Gasteiger partial charge in [-0.25, -0.2) is 5.01 Å². The Balaban J connectivity index is 2.05. The highest BCUT2D eigenvalue weighted by molar-refractivity contribution is 6.05. The van der Waals surface area contributed by atoms with Crippen LogP contribution in [0.4, 0.5) is 5.69 Å². The van der Waals surface area contributed by atoms with Crippen LogP contribution in [0.1, 0.15) is 38.7 Å². The van der Waals surface area contributed by atoms with Crippen molar-refractivity contribution < 1.29 is 14.3 Å². The summed E-state index contributed by atoms with van der Waals surface area (Å²) in [5.74, 6) is -0.193. The van der Waals surface area contributed by atoms with Crippen LogP contribution in [-0.4, -0.2) is 35.7 Å². The van der Waals surface area contributed by atoms with Crippen LogP contribution in [0.15, 0.2) is 29.4 Å². The summed E-state index contributed by atoms with van der Waals surface area (Å²) in [7, 11) is 0. The maximum atomic E-state index is 12.1. The van der Waals surface area contributed by atoms with Crippen LogP contribution >= 0.6 is 0 Å². The van der Waals surface area contributed by atoms with Gasteiger partial charge in [-0.3, -0.25) is 9.59 Å². The molecule has 1 aliphatic heterocycles. The number of nitrogen functional groups attached to an aromatic ring is 1. The van der Waals surface area contributed by atoms with Gasteiger partial charge in [0.1, 0.15) is 0 Å². The average Bonchev–Trinajstić information content (AvgIpc) is 2.51. The molecule has 0 saturated carbocycles. The van der Waals surface area contributed by atoms with E-state index >= 15 is 0 Å². The molecule has 0 saturated heterocycles. The van der Waals surface area contributed by atoms with Crippen molar-refractivity contribution in [2.75, 3.05) is 18.9 Å². The molecule has 0 radical (unpaired) electrons. The predicted octanol–water partition coefficient (Wildman–Crippen LogP) is 2.18. The molecule has 0 spiro atoms. The Kier molecular flexibility index (Phi) is 5.73. The van der Waals surface area contributed by atoms with Gasteiger partial charge in [0.2, 0.25) is 5.91 Å². The number of amides is 1. The van der Waals surface area contributed by atoms with E-state index in [1.54, 1.807) is 6.92 Å². The molecular weight excluding hydrogens is 294 g/mol. The van der Waals surface area contributed by atoms with Crippen molar-refractivity contribution in [3.05, 3.63) is 29.8 Å². The van der Waals surface area contributed by atoms with Crippen LogP contribution in [0.3, 0.4) is 0 Å². The number of nitrogens with two attached hydrogens (primary N) is 1. The summed E-state index contributed by atoms with van der Waals surface area (Å²) in [6.45, 7) is 4.56. The Morgan fingerprint density at radius 3 is 2.74 bits per heavy atom. The summed E-state index contributed by atoms with van der Waals surface area (Å²) in [6, 6.07) is 7.48. The quantitative estimate of drug-likeness (QED) is 0.644. The van der Waals surface area contributed by atoms with Crippen molar-refractivity contribution in [3.63, 3.8) is 0 Å². The van der Waals surface area contributed by atoms with Crippen LogP contribution in [-0.2, 0) is 14.3 Å². The highest BCUT2D eigenvalue weighted by Crippen LogP contribution is 2.21. The van der Waals surface area contributed by atoms with Crippen molar-refractivity contribution in [3.8, 4) is 0 Å². The molecule has 0 bridgehead atoms. The van der Waals surface area contributed by atoms with Gasteiger partial charge in [0.05, 0.1) is 12.3 Å². The second kappa shape index (κ2) is 7.76. The third-order valence-electron chi connectivity index (χ3n) is 3.73. The zero-order chi connectivity index (χ0) is 16.8. The molecule has 1 aromatic carbocycles. The van der Waals surface area contributed by atoms with Gasteiger partial charge in [0, 0.05) is 31.0 Å². The third kappa shape index (κ3) is 4.55. The van der Waals surface area contributed by atoms with Gasteiger partial charge in [-0.15, -0.1) is 0 Å². The van der Waals surface area contributed by atoms with Gasteiger partial charge >= 0.3 is 5.97 Å². The van der Waals surface area contributed by atoms with Gasteiger partial charge in [0.25, 0.3) is 0 Å². The topological polar surface area (TPSA) is 85.0 Å². The zero-order valence-electron chi connectivity index (χ0n) is 13.6. The van der Waals surface area contributed by atoms with Crippen LogP contribution in [0.2, 0.25) is 0 Å². The molecule has 6 nitrogen and oxygen atoms in total. The molecule has 0 fully saturated rings. The lowest BCUT2D eigenvalue weighted by Crippen LogP contribution is -2.37. The molecule has 1 heterocycles. The molecule has 1 atom stereocenters. The Bertz CT molecular complexity index is 596. The lowest BCUT2D eigenvalue weighted by atomic mass is 9.93. The van der Waals surface area contributed by atoms with Crippen LogP contribution in [0.5, 0.6) is 0 Å². The first-order valence-electron chi connectivity index (χ1n) is 7.91. The summed E-state index contributed by atoms with van der Waals surface area (Å²) in [5, 5.41) is 5.96. The first-order chi connectivity index (χ1) is 11.0. The number of carbonyl (C=O) groups is 2. The van der Waals surface area contributed by atoms with Crippen LogP contribution in [0.25, 0.3) is 0 Å². The van der Waals surface area contributed by atoms with Crippen LogP contribution in [0, 0.1) is 5.92 Å². The van der Waals surface area contributed by atoms with Crippen molar-refractivity contribution >= 4 is 23.3 Å². The number of anilines is 1. The summed E-state index contributed by atoms with van der Waals surface area (Å²) in [5.41, 5.74) is 8.25. The number of hydrogen-bond acceptors (Lipinski definition) is 5. The van der Waals surface area contributed by atoms with E-state index in [-0.39, 0.29) is 17.8 Å². The number of nitrogens with zero attached hydrogens (tertiary/aromatic N) is 2. The lowest BCUT2D eigenvalue weighted by molar-refractivity contribution is -0.143. The SMILES string of the molecule is CCOC(=O)CCCN1N=C(c2ccc(N)cc2)C(C)CC1=O. The first kappa shape index (κ1) is 17.0. The fourth-order valence-electron chi connectivity index (χ4n) is 2.53. The number of esters is 1. The molecule has 6 heteroatoms. The zero-order valence-corrected chi connectivity index (χ0v) is 13.6. The summed E-state index contributed by atoms with van der Waals surface area (Å²) < 4.78 is 4.89. The average molecular weight is 317 g/mol. The molecular formula is C17H23N3O3. The molecule has 1 unspecified atom stereocenters. The molecule has 1 aromatic rings. The lowest BCUT2D eigenvalue weighted by Gasteiger charge is -2.27. The van der Waals surface area contributed by atoms with Gasteiger partial charge < -0.3 is 10.5 Å². The predicted molar refractivity (Wildman–Crippen MR) is 88.8 cm³/mol. The summed E-state index contributed by atoms with van der Waals surface area (Å²) in [4.78, 5) is 23.5. The van der Waals surface area contributed by atoms with E-state index in [2.05, 4.69) is 5.10 Å². The second-order valence-electron chi connectivity index (χ2n) is 5.64. The maximum absolute atomic E-state index is 12.1. The van der Waals surface area contributed by atoms with Gasteiger partial charge in [0.15, 0.2) is 0 Å². The van der Waals surface area contributed by atoms with Crippen molar-refractivity contribution in [2.45, 2.75) is 33.1 Å². The highest BCUT2D eigenvalue weighted by Gasteiger charge is 2.27. The monoisotopic (exact) mass is 317 g/mol. The van der Waals surface area contributed by atoms with Crippen LogP contribution < -0.4 is 5.73 Å². The molecule has 1 amide bonds. The minimum absolute atomic E-state index is 0.0134. The van der Waals surface area contributed by atoms with E-state index in [9.17, 15) is 9.59 Å². The summed E-state index contributed by atoms with van der Waals surface area (Å²) in [6.07, 6.45) is 1.25. The molecule has 0 aliphatic carbocycles. The molecule has 0 aromatic heterocycles. The molecule has 124 valence electrons. The fraction of sp³-hybridized carbons (Fsp3) is 0.471. The molecule has 2 N–H and O–H groups in total. The van der Waals surface area contributed by atoms with E-state index in [0.29, 0.717) is 38.1 Å². The van der Waals surface area contributed by atoms with Crippen molar-refractivity contribution in [1.29, 1.82) is 0 Å². The van der Waals surface area contributed by atoms with Gasteiger partial charge in [-0.1, -0.05) is 19.1 Å². The number of rotatable bonds is 6. The Labute approximate surface area is 136 Å². The maximum Gasteiger partial charge on any atom is 0.305 e. The van der Waals surface area contributed by atoms with E-state index in [0.717, 1.165) is 11.3 Å². The Morgan fingerprint density at radius 2 is 2.09 bits per heavy atom. The largest absolute Gasteiger partial charge is 0.466 e. The molecule has 2 rings (SSSR count). The van der Waals surface area contributed by atoms with Gasteiger partial charge in [-0.05, 0) is 31.0 Å². The molecule has 1 aliphatic rings. The minimum atomic E-state index is -0.243. The Morgan fingerprint density at radius 1 is 1.39 bits per heavy atom. The van der Waals surface area contributed by atoms with Crippen molar-refractivity contribution in [1.82, 2.24) is 5.01 Å². The fourth-order valence-corrected chi connectivity index (χ4v) is 2.53. The number of hydrazone groups is 1. The number of benzene rings is 1. The van der Waals surface area contributed by atoms with E-state index < -0.39 is 0 Å². The standard InChI is InChI=1S/C17H23N3O3/c1-3-23-16(22)5-4-10-20-15(21)11-12(2)17(19-20)13-6-8-14(18)9-7-13/h6-9,12H,3-5,10-11,18H2,1-2H3. The second-order valence-corrected chi connectivity index (χ2v) is 5.64. The van der Waals surface area contributed by atoms with E-state index in [1.165, 1.54) is 5.01 Å². The number of carbonyl (C=O) groups excluding carboxylic acids is 2. The number of ether oxygens (including phenoxy) is 1. The van der Waals surface area contributed by atoms with E-state index in [1.807, 2.05) is 31.2 Å². The van der Waals surface area contributed by atoms with Crippen molar-refractivity contribution in [2.24, 2.45) is 11.0 Å². The van der Waals surface area contributed by atoms with Gasteiger partial charge in [-0.2, -0.15) is 5.10 Å². The Hall–Kier alpha value is -2.37. The minimum Gasteiger partial charge on any atom is -0.466 e. The smallest absolute Gasteiger partial charge is 0.305 e. The molecule has 23 heavy (non-hydrogen) atoms. The van der Waals surface area contributed by atoms with E-state index in [4.69, 9.17) is 10.5 Å². The number of hydrogen-bond donors (Lipinski definition) is 1.